The van der Waals surface area contributed by atoms with Crippen LogP contribution in [-0.2, 0) is 24.8 Å². The van der Waals surface area contributed by atoms with Crippen LogP contribution in [0.1, 0.15) is 69.8 Å². The SMILES string of the molecule is COC(=O)N[C@H]1CCC[C@@H]1[C@](CN1CCC1)(c1cccc(F)c1)C1CCN(CC2(F)CN(c3ccc(S(=O)(=O)C4CC(C(=O)CCCN(C)C)C4)cc3)C2)CC1. The number of methoxy groups -OCH3 is 1. The van der Waals surface area contributed by atoms with Gasteiger partial charge in [0.05, 0.1) is 30.3 Å². The van der Waals surface area contributed by atoms with Crippen LogP contribution in [0.15, 0.2) is 53.4 Å². The number of alkyl halides is 1. The maximum Gasteiger partial charge on any atom is 0.407 e. The average molecular weight is 798 g/mol. The van der Waals surface area contributed by atoms with Crippen molar-refractivity contribution < 1.29 is 31.5 Å². The van der Waals surface area contributed by atoms with E-state index in [0.29, 0.717) is 25.8 Å². The fourth-order valence-corrected chi connectivity index (χ4v) is 12.4. The van der Waals surface area contributed by atoms with E-state index in [1.54, 1.807) is 30.3 Å². The largest absolute Gasteiger partial charge is 0.453 e. The van der Waals surface area contributed by atoms with Gasteiger partial charge in [0.25, 0.3) is 0 Å². The Hall–Kier alpha value is -3.13. The molecule has 3 saturated heterocycles. The van der Waals surface area contributed by atoms with Crippen LogP contribution in [0.2, 0.25) is 0 Å². The number of carbonyl (C=O) groups excluding carboxylic acids is 2. The number of hydrogen-bond acceptors (Lipinski definition) is 9. The van der Waals surface area contributed by atoms with Crippen molar-refractivity contribution in [2.24, 2.45) is 17.8 Å². The van der Waals surface area contributed by atoms with E-state index in [9.17, 15) is 18.0 Å². The van der Waals surface area contributed by atoms with Crippen LogP contribution in [-0.4, -0.2) is 132 Å². The third-order valence-electron chi connectivity index (χ3n) is 13.8. The predicted octanol–water partition coefficient (Wildman–Crippen LogP) is 5.70. The van der Waals surface area contributed by atoms with E-state index in [1.807, 2.05) is 30.0 Å². The summed E-state index contributed by atoms with van der Waals surface area (Å²) >= 11 is 0. The lowest BCUT2D eigenvalue weighted by Crippen LogP contribution is -2.65. The van der Waals surface area contributed by atoms with Gasteiger partial charge in [0.1, 0.15) is 11.6 Å². The van der Waals surface area contributed by atoms with E-state index in [2.05, 4.69) is 21.2 Å². The molecule has 0 spiro atoms. The van der Waals surface area contributed by atoms with Crippen LogP contribution in [0.25, 0.3) is 0 Å². The van der Waals surface area contributed by atoms with E-state index in [4.69, 9.17) is 4.74 Å². The number of Topliss-reactive ketones (excluding diaryl/α,β-unsaturated/α-hetero) is 1. The Morgan fingerprint density at radius 1 is 0.964 bits per heavy atom. The van der Waals surface area contributed by atoms with Crippen molar-refractivity contribution in [3.05, 3.63) is 59.9 Å². The lowest BCUT2D eigenvalue weighted by molar-refractivity contribution is -0.125. The maximum absolute atomic E-state index is 16.3. The Labute approximate surface area is 332 Å². The molecule has 0 aromatic heterocycles. The number of alkyl carbamates (subject to hydrolysis) is 1. The van der Waals surface area contributed by atoms with E-state index in [1.165, 1.54) is 13.2 Å². The number of anilines is 1. The molecule has 2 aromatic rings. The van der Waals surface area contributed by atoms with Crippen molar-refractivity contribution in [2.45, 2.75) is 91.5 Å². The summed E-state index contributed by atoms with van der Waals surface area (Å²) in [5, 5.41) is 2.61. The van der Waals surface area contributed by atoms with Gasteiger partial charge in [0.2, 0.25) is 0 Å². The van der Waals surface area contributed by atoms with Crippen molar-refractivity contribution in [1.82, 2.24) is 20.0 Å². The molecule has 5 fully saturated rings. The van der Waals surface area contributed by atoms with Crippen LogP contribution in [0.4, 0.5) is 19.3 Å². The van der Waals surface area contributed by atoms with Gasteiger partial charge < -0.3 is 24.8 Å². The molecule has 3 aliphatic heterocycles. The number of ether oxygens (including phenoxy) is 1. The first-order valence-electron chi connectivity index (χ1n) is 20.8. The molecule has 2 saturated carbocycles. The van der Waals surface area contributed by atoms with Gasteiger partial charge in [0.15, 0.2) is 15.5 Å². The number of hydrogen-bond donors (Lipinski definition) is 1. The van der Waals surface area contributed by atoms with Crippen LogP contribution in [0, 0.1) is 23.6 Å². The molecule has 5 aliphatic rings. The summed E-state index contributed by atoms with van der Waals surface area (Å²) in [6.45, 7) is 5.97. The number of ketones is 1. The minimum atomic E-state index is -3.54. The molecular formula is C43H61F2N5O5S. The van der Waals surface area contributed by atoms with E-state index in [0.717, 1.165) is 95.5 Å². The summed E-state index contributed by atoms with van der Waals surface area (Å²) in [7, 11) is 1.80. The minimum absolute atomic E-state index is 0.0708. The van der Waals surface area contributed by atoms with Gasteiger partial charge in [-0.05, 0) is 152 Å². The van der Waals surface area contributed by atoms with Crippen molar-refractivity contribution in [3.63, 3.8) is 0 Å². The molecule has 0 unspecified atom stereocenters. The number of benzene rings is 2. The van der Waals surface area contributed by atoms with Gasteiger partial charge in [-0.25, -0.2) is 22.0 Å². The Morgan fingerprint density at radius 3 is 2.30 bits per heavy atom. The molecule has 56 heavy (non-hydrogen) atoms. The summed E-state index contributed by atoms with van der Waals surface area (Å²) in [6.07, 6.45) is 7.25. The van der Waals surface area contributed by atoms with Crippen molar-refractivity contribution >= 4 is 27.4 Å². The van der Waals surface area contributed by atoms with Gasteiger partial charge >= 0.3 is 6.09 Å². The molecule has 1 N–H and O–H groups in total. The highest BCUT2D eigenvalue weighted by atomic mass is 32.2. The number of halogens is 2. The average Bonchev–Trinajstić information content (AvgIpc) is 3.58. The fourth-order valence-electron chi connectivity index (χ4n) is 10.6. The van der Waals surface area contributed by atoms with E-state index < -0.39 is 26.8 Å². The van der Waals surface area contributed by atoms with Crippen molar-refractivity contribution in [1.29, 1.82) is 0 Å². The van der Waals surface area contributed by atoms with Gasteiger partial charge in [-0.2, -0.15) is 0 Å². The topological polar surface area (TPSA) is 102 Å². The Kier molecular flexibility index (Phi) is 12.5. The van der Waals surface area contributed by atoms with Crippen molar-refractivity contribution in [3.8, 4) is 0 Å². The monoisotopic (exact) mass is 797 g/mol. The molecule has 10 nitrogen and oxygen atoms in total. The smallest absolute Gasteiger partial charge is 0.407 e. The minimum Gasteiger partial charge on any atom is -0.453 e. The second-order valence-corrected chi connectivity index (χ2v) is 19.9. The standard InChI is InChI=1S/C43H61F2N5O5S/c1-47(2)19-6-12-40(51)31-24-37(25-31)56(53,54)36-15-13-35(14-16-36)50-28-42(45,29-50)27-49-22-17-32(18-23-49)43(30-48-20-7-21-48,33-8-4-9-34(44)26-33)38-10-5-11-39(38)46-41(52)55-3/h4,8-9,13-16,26,31-32,37-39H,5-7,10-12,17-25,27-30H2,1-3H3,(H,46,52)/t31?,37?,38-,39-,43-/m0/s1. The fraction of sp³-hybridized carbons (Fsp3) is 0.674. The maximum atomic E-state index is 16.3. The Morgan fingerprint density at radius 2 is 1.68 bits per heavy atom. The lowest BCUT2D eigenvalue weighted by atomic mass is 9.57. The highest BCUT2D eigenvalue weighted by Crippen LogP contribution is 2.52. The highest BCUT2D eigenvalue weighted by molar-refractivity contribution is 7.92. The molecule has 3 atom stereocenters. The van der Waals surface area contributed by atoms with E-state index >= 15 is 8.78 Å². The summed E-state index contributed by atoms with van der Waals surface area (Å²) in [5.74, 6) is 0.0927. The third kappa shape index (κ3) is 8.66. The lowest BCUT2D eigenvalue weighted by Gasteiger charge is -2.54. The van der Waals surface area contributed by atoms with Gasteiger partial charge in [-0.1, -0.05) is 18.6 Å². The number of likely N-dealkylation sites (tertiary alicyclic amines) is 2. The molecule has 0 bridgehead atoms. The van der Waals surface area contributed by atoms with E-state index in [-0.39, 0.29) is 58.8 Å². The second kappa shape index (κ2) is 17.0. The van der Waals surface area contributed by atoms with Gasteiger partial charge in [0, 0.05) is 42.6 Å². The molecule has 7 rings (SSSR count). The zero-order valence-corrected chi connectivity index (χ0v) is 34.3. The first-order chi connectivity index (χ1) is 26.8. The van der Waals surface area contributed by atoms with Crippen LogP contribution in [0.5, 0.6) is 0 Å². The highest BCUT2D eigenvalue weighted by Gasteiger charge is 2.54. The summed E-state index contributed by atoms with van der Waals surface area (Å²) in [5.41, 5.74) is 0.0484. The number of sulfone groups is 1. The molecule has 0 radical (unpaired) electrons. The zero-order valence-electron chi connectivity index (χ0n) is 33.4. The Balaban J connectivity index is 0.958. The summed E-state index contributed by atoms with van der Waals surface area (Å²) in [6, 6.07) is 13.8. The van der Waals surface area contributed by atoms with Crippen LogP contribution < -0.4 is 10.2 Å². The molecule has 308 valence electrons. The molecule has 13 heteroatoms. The molecule has 2 aromatic carbocycles. The second-order valence-electron chi connectivity index (χ2n) is 17.7. The predicted molar refractivity (Wildman–Crippen MR) is 214 cm³/mol. The summed E-state index contributed by atoms with van der Waals surface area (Å²) in [4.78, 5) is 34.0. The first kappa shape index (κ1) is 41.0. The van der Waals surface area contributed by atoms with Crippen molar-refractivity contribution in [2.75, 3.05) is 85.0 Å². The Bertz CT molecular complexity index is 1790. The van der Waals surface area contributed by atoms with Crippen LogP contribution in [0.3, 0.4) is 0 Å². The number of amides is 1. The number of rotatable bonds is 16. The summed E-state index contributed by atoms with van der Waals surface area (Å²) < 4.78 is 63.0. The quantitative estimate of drug-likeness (QED) is 0.230. The first-order valence-corrected chi connectivity index (χ1v) is 22.3. The number of carbonyl (C=O) groups is 2. The van der Waals surface area contributed by atoms with Gasteiger partial charge in [-0.15, -0.1) is 0 Å². The molecular weight excluding hydrogens is 737 g/mol. The number of nitrogens with one attached hydrogen (secondary N) is 1. The molecule has 1 amide bonds. The molecule has 3 heterocycles. The third-order valence-corrected chi connectivity index (χ3v) is 16.0. The number of nitrogens with zero attached hydrogens (tertiary/aromatic N) is 4. The molecule has 2 aliphatic carbocycles. The number of piperidine rings is 1. The van der Waals surface area contributed by atoms with Gasteiger partial charge in [-0.3, -0.25) is 9.69 Å². The normalized spacial score (nSPS) is 26.9. The van der Waals surface area contributed by atoms with Crippen LogP contribution >= 0.6 is 0 Å². The zero-order chi connectivity index (χ0) is 39.7.